The van der Waals surface area contributed by atoms with Crippen LogP contribution in [-0.2, 0) is 16.4 Å². The predicted molar refractivity (Wildman–Crippen MR) is 93.5 cm³/mol. The molecule has 1 aromatic carbocycles. The van der Waals surface area contributed by atoms with E-state index in [4.69, 9.17) is 0 Å². The van der Waals surface area contributed by atoms with Crippen molar-refractivity contribution in [1.82, 2.24) is 5.32 Å². The summed E-state index contributed by atoms with van der Waals surface area (Å²) < 4.78 is 27.4. The van der Waals surface area contributed by atoms with Crippen molar-refractivity contribution in [3.8, 4) is 0 Å². The van der Waals surface area contributed by atoms with Gasteiger partial charge in [-0.25, -0.2) is 8.42 Å². The first-order valence-electron chi connectivity index (χ1n) is 7.07. The second-order valence-electron chi connectivity index (χ2n) is 4.76. The Morgan fingerprint density at radius 1 is 1.22 bits per heavy atom. The molecule has 0 aliphatic rings. The van der Waals surface area contributed by atoms with Gasteiger partial charge in [-0.1, -0.05) is 13.0 Å². The van der Waals surface area contributed by atoms with Crippen LogP contribution in [0.3, 0.4) is 0 Å². The van der Waals surface area contributed by atoms with E-state index in [0.29, 0.717) is 17.8 Å². The highest BCUT2D eigenvalue weighted by molar-refractivity contribution is 7.94. The third-order valence-corrected chi connectivity index (χ3v) is 6.16. The average molecular weight is 350 g/mol. The third-order valence-electron chi connectivity index (χ3n) is 3.06. The smallest absolute Gasteiger partial charge is 0.271 e. The summed E-state index contributed by atoms with van der Waals surface area (Å²) in [5.41, 5.74) is 0.871. The minimum atomic E-state index is -3.60. The minimum absolute atomic E-state index is 0.231. The fourth-order valence-electron chi connectivity index (χ4n) is 1.85. The van der Waals surface area contributed by atoms with Crippen LogP contribution >= 0.6 is 11.3 Å². The third kappa shape index (κ3) is 4.43. The molecule has 2 N–H and O–H groups in total. The molecule has 0 spiro atoms. The van der Waals surface area contributed by atoms with Crippen LogP contribution in [-0.4, -0.2) is 20.9 Å². The number of carbonyl (C=O) groups excluding carboxylic acids is 1. The van der Waals surface area contributed by atoms with E-state index in [1.165, 1.54) is 11.3 Å². The number of hydrogen-bond donors (Lipinski definition) is 2. The van der Waals surface area contributed by atoms with Gasteiger partial charge in [0.15, 0.2) is 0 Å². The summed E-state index contributed by atoms with van der Waals surface area (Å²) in [6, 6.07) is 9.68. The van der Waals surface area contributed by atoms with E-state index < -0.39 is 10.0 Å². The lowest BCUT2D eigenvalue weighted by Crippen LogP contribution is -2.23. The monoisotopic (exact) mass is 350 g/mol. The first-order valence-corrected chi connectivity index (χ1v) is 9.37. The molecule has 2 aromatic rings. The lowest BCUT2D eigenvalue weighted by Gasteiger charge is -2.07. The largest absolute Gasteiger partial charge is 0.349 e. The van der Waals surface area contributed by atoms with E-state index in [-0.39, 0.29) is 10.1 Å². The standard InChI is InChI=1S/C16H18N2O3S2/c1-3-11-17-16(19)12-5-7-13(8-6-12)18-23(20,21)15-10-9-14(4-2)22-15/h3,5-10,18H,1,4,11H2,2H3,(H,17,19). The Bertz CT molecular complexity index is 793. The van der Waals surface area contributed by atoms with Gasteiger partial charge in [0.25, 0.3) is 15.9 Å². The van der Waals surface area contributed by atoms with E-state index in [1.54, 1.807) is 36.4 Å². The highest BCUT2D eigenvalue weighted by atomic mass is 32.2. The Morgan fingerprint density at radius 2 is 1.91 bits per heavy atom. The topological polar surface area (TPSA) is 75.3 Å². The van der Waals surface area contributed by atoms with Crippen LogP contribution in [0.25, 0.3) is 0 Å². The summed E-state index contributed by atoms with van der Waals surface area (Å²) >= 11 is 1.25. The summed E-state index contributed by atoms with van der Waals surface area (Å²) in [6.45, 7) is 5.89. The maximum absolute atomic E-state index is 12.3. The second kappa shape index (κ2) is 7.43. The fraction of sp³-hybridized carbons (Fsp3) is 0.188. The molecule has 122 valence electrons. The molecule has 0 radical (unpaired) electrons. The SMILES string of the molecule is C=CCNC(=O)c1ccc(NS(=O)(=O)c2ccc(CC)s2)cc1. The quantitative estimate of drug-likeness (QED) is 0.754. The van der Waals surface area contributed by atoms with Crippen molar-refractivity contribution in [3.63, 3.8) is 0 Å². The molecule has 1 heterocycles. The van der Waals surface area contributed by atoms with Crippen molar-refractivity contribution in [2.24, 2.45) is 0 Å². The Balaban J connectivity index is 2.10. The molecule has 0 bridgehead atoms. The number of anilines is 1. The lowest BCUT2D eigenvalue weighted by atomic mass is 10.2. The predicted octanol–water partition coefficient (Wildman–Crippen LogP) is 3.03. The highest BCUT2D eigenvalue weighted by Crippen LogP contribution is 2.24. The molecule has 7 heteroatoms. The van der Waals surface area contributed by atoms with Crippen molar-refractivity contribution >= 4 is 33.0 Å². The zero-order valence-corrected chi connectivity index (χ0v) is 14.3. The Labute approximate surface area is 140 Å². The zero-order valence-electron chi connectivity index (χ0n) is 12.7. The van der Waals surface area contributed by atoms with Crippen LogP contribution in [0.4, 0.5) is 5.69 Å². The number of rotatable bonds is 7. The van der Waals surface area contributed by atoms with Crippen molar-refractivity contribution in [2.75, 3.05) is 11.3 Å². The fourth-order valence-corrected chi connectivity index (χ4v) is 4.21. The Kier molecular flexibility index (Phi) is 5.57. The molecule has 0 unspecified atom stereocenters. The van der Waals surface area contributed by atoms with E-state index >= 15 is 0 Å². The molecule has 0 aliphatic heterocycles. The molecule has 1 aromatic heterocycles. The Hall–Kier alpha value is -2.12. The van der Waals surface area contributed by atoms with Gasteiger partial charge in [-0.05, 0) is 42.8 Å². The summed E-state index contributed by atoms with van der Waals surface area (Å²) in [5.74, 6) is -0.231. The number of hydrogen-bond acceptors (Lipinski definition) is 4. The maximum atomic E-state index is 12.3. The number of amides is 1. The van der Waals surface area contributed by atoms with Crippen LogP contribution < -0.4 is 10.0 Å². The van der Waals surface area contributed by atoms with Gasteiger partial charge in [-0.15, -0.1) is 17.9 Å². The van der Waals surface area contributed by atoms with Gasteiger partial charge >= 0.3 is 0 Å². The van der Waals surface area contributed by atoms with Gasteiger partial charge in [-0.2, -0.15) is 0 Å². The van der Waals surface area contributed by atoms with Crippen LogP contribution in [0.1, 0.15) is 22.2 Å². The van der Waals surface area contributed by atoms with Crippen LogP contribution in [0, 0.1) is 0 Å². The molecule has 2 rings (SSSR count). The second-order valence-corrected chi connectivity index (χ2v) is 7.83. The van der Waals surface area contributed by atoms with Crippen molar-refractivity contribution in [1.29, 1.82) is 0 Å². The molecule has 0 atom stereocenters. The highest BCUT2D eigenvalue weighted by Gasteiger charge is 2.17. The van der Waals surface area contributed by atoms with Gasteiger partial charge in [0, 0.05) is 22.7 Å². The number of sulfonamides is 1. The van der Waals surface area contributed by atoms with Crippen molar-refractivity contribution in [3.05, 3.63) is 59.5 Å². The number of nitrogens with one attached hydrogen (secondary N) is 2. The molecular weight excluding hydrogens is 332 g/mol. The average Bonchev–Trinajstić information content (AvgIpc) is 3.03. The summed E-state index contributed by atoms with van der Waals surface area (Å²) in [5, 5.41) is 2.66. The zero-order chi connectivity index (χ0) is 16.9. The molecule has 0 aliphatic carbocycles. The molecule has 0 fully saturated rings. The van der Waals surface area contributed by atoms with Crippen LogP contribution in [0.5, 0.6) is 0 Å². The molecule has 0 saturated carbocycles. The van der Waals surface area contributed by atoms with Gasteiger partial charge < -0.3 is 5.32 Å². The Morgan fingerprint density at radius 3 is 2.48 bits per heavy atom. The number of benzene rings is 1. The first kappa shape index (κ1) is 17.2. The van der Waals surface area contributed by atoms with Gasteiger partial charge in [0.1, 0.15) is 4.21 Å². The van der Waals surface area contributed by atoms with Gasteiger partial charge in [0.05, 0.1) is 0 Å². The molecular formula is C16H18N2O3S2. The summed E-state index contributed by atoms with van der Waals surface area (Å²) in [7, 11) is -3.60. The minimum Gasteiger partial charge on any atom is -0.349 e. The normalized spacial score (nSPS) is 11.0. The summed E-state index contributed by atoms with van der Waals surface area (Å²) in [4.78, 5) is 12.8. The number of aryl methyl sites for hydroxylation is 1. The molecule has 5 nitrogen and oxygen atoms in total. The summed E-state index contributed by atoms with van der Waals surface area (Å²) in [6.07, 6.45) is 2.39. The number of thiophene rings is 1. The van der Waals surface area contributed by atoms with E-state index in [2.05, 4.69) is 16.6 Å². The molecule has 1 amide bonds. The van der Waals surface area contributed by atoms with Gasteiger partial charge in [0.2, 0.25) is 0 Å². The van der Waals surface area contributed by atoms with E-state index in [1.807, 2.05) is 13.0 Å². The van der Waals surface area contributed by atoms with Crippen LogP contribution in [0.15, 0.2) is 53.3 Å². The maximum Gasteiger partial charge on any atom is 0.271 e. The van der Waals surface area contributed by atoms with Crippen molar-refractivity contribution in [2.45, 2.75) is 17.6 Å². The van der Waals surface area contributed by atoms with Crippen molar-refractivity contribution < 1.29 is 13.2 Å². The number of carbonyl (C=O) groups is 1. The lowest BCUT2D eigenvalue weighted by molar-refractivity contribution is 0.0958. The van der Waals surface area contributed by atoms with E-state index in [9.17, 15) is 13.2 Å². The molecule has 0 saturated heterocycles. The van der Waals surface area contributed by atoms with Gasteiger partial charge in [-0.3, -0.25) is 9.52 Å². The van der Waals surface area contributed by atoms with E-state index in [0.717, 1.165) is 11.3 Å². The molecule has 23 heavy (non-hydrogen) atoms. The van der Waals surface area contributed by atoms with Crippen LogP contribution in [0.2, 0.25) is 0 Å². The first-order chi connectivity index (χ1) is 11.0.